The van der Waals surface area contributed by atoms with Crippen LogP contribution in [0.3, 0.4) is 0 Å². The van der Waals surface area contributed by atoms with Crippen LogP contribution in [0.15, 0.2) is 35.3 Å². The third kappa shape index (κ3) is 4.73. The lowest BCUT2D eigenvalue weighted by Crippen LogP contribution is -2.47. The van der Waals surface area contributed by atoms with Crippen molar-refractivity contribution in [2.24, 2.45) is 10.8 Å². The molecule has 10 heteroatoms. The summed E-state index contributed by atoms with van der Waals surface area (Å²) in [6.45, 7) is 9.26. The minimum Gasteiger partial charge on any atom is -0.359 e. The van der Waals surface area contributed by atoms with Crippen molar-refractivity contribution in [3.8, 4) is 5.75 Å². The molecule has 1 fully saturated rings. The van der Waals surface area contributed by atoms with Crippen LogP contribution in [0.1, 0.15) is 22.4 Å². The van der Waals surface area contributed by atoms with Gasteiger partial charge in [-0.3, -0.25) is 4.90 Å². The number of aromatic nitrogens is 1. The first-order chi connectivity index (χ1) is 17.2. The zero-order chi connectivity index (χ0) is 23.8. The summed E-state index contributed by atoms with van der Waals surface area (Å²) in [6.07, 6.45) is 2.05. The van der Waals surface area contributed by atoms with Crippen LogP contribution in [0, 0.1) is 6.92 Å². The lowest BCUT2D eigenvalue weighted by molar-refractivity contribution is 0.0187. The molecule has 184 valence electrons. The Bertz CT molecular complexity index is 1250. The number of thiophene rings is 1. The van der Waals surface area contributed by atoms with Crippen molar-refractivity contribution in [2.75, 3.05) is 49.9 Å². The predicted octanol–water partition coefficient (Wildman–Crippen LogP) is 3.67. The Morgan fingerprint density at radius 2 is 2.06 bits per heavy atom. The first-order valence-electron chi connectivity index (χ1n) is 12.3. The Balaban J connectivity index is 0.991. The number of para-hydroxylation sites is 1. The molecule has 1 aromatic carbocycles. The standard InChI is InChI=1S/C25H31N7OS2/c1-17-15-22(28-20-6-3-2-5-18(17)20)31-12-10-30(11-13-31)9-4-14-34-25-29-24-23(33-32(25)26)19-7-8-27-16-21(19)35-24/h2-3,5-6,15,27H,4,7-14,16,26H2,1H3. The second-order valence-electron chi connectivity index (χ2n) is 9.22. The number of nitrogens with zero attached hydrogens (tertiary/aromatic N) is 5. The number of fused-ring (bicyclic) bond motifs is 4. The Morgan fingerprint density at radius 1 is 1.20 bits per heavy atom. The minimum atomic E-state index is 0.742. The van der Waals surface area contributed by atoms with Gasteiger partial charge in [0.2, 0.25) is 5.17 Å². The van der Waals surface area contributed by atoms with E-state index in [0.29, 0.717) is 0 Å². The molecule has 0 spiro atoms. The summed E-state index contributed by atoms with van der Waals surface area (Å²) < 4.78 is 0. The highest BCUT2D eigenvalue weighted by Crippen LogP contribution is 2.46. The number of hydroxylamine groups is 1. The first-order valence-corrected chi connectivity index (χ1v) is 14.1. The fraction of sp³-hybridized carbons (Fsp3) is 0.440. The molecule has 0 radical (unpaired) electrons. The molecule has 5 heterocycles. The number of aliphatic imine (C=N–C) groups is 1. The van der Waals surface area contributed by atoms with Gasteiger partial charge in [-0.05, 0) is 50.6 Å². The smallest absolute Gasteiger partial charge is 0.218 e. The molecule has 35 heavy (non-hydrogen) atoms. The first kappa shape index (κ1) is 23.1. The number of rotatable bonds is 5. The summed E-state index contributed by atoms with van der Waals surface area (Å²) in [5.41, 5.74) is 3.64. The Morgan fingerprint density at radius 3 is 2.94 bits per heavy atom. The van der Waals surface area contributed by atoms with Gasteiger partial charge in [0.1, 0.15) is 5.82 Å². The predicted molar refractivity (Wildman–Crippen MR) is 146 cm³/mol. The number of hydrogen-bond acceptors (Lipinski definition) is 10. The summed E-state index contributed by atoms with van der Waals surface area (Å²) in [5.74, 6) is 9.07. The highest BCUT2D eigenvalue weighted by Gasteiger charge is 2.28. The van der Waals surface area contributed by atoms with Crippen molar-refractivity contribution >= 4 is 50.0 Å². The summed E-state index contributed by atoms with van der Waals surface area (Å²) in [7, 11) is 0. The maximum Gasteiger partial charge on any atom is 0.218 e. The molecule has 2 aromatic heterocycles. The Kier molecular flexibility index (Phi) is 6.55. The van der Waals surface area contributed by atoms with Gasteiger partial charge >= 0.3 is 0 Å². The molecule has 0 aliphatic carbocycles. The Labute approximate surface area is 214 Å². The van der Waals surface area contributed by atoms with Gasteiger partial charge in [-0.2, -0.15) is 0 Å². The van der Waals surface area contributed by atoms with Crippen LogP contribution < -0.4 is 20.9 Å². The number of anilines is 1. The van der Waals surface area contributed by atoms with Crippen LogP contribution in [0.25, 0.3) is 10.9 Å². The number of benzene rings is 1. The minimum absolute atomic E-state index is 0.742. The third-order valence-corrected chi connectivity index (χ3v) is 9.02. The van der Waals surface area contributed by atoms with Crippen molar-refractivity contribution in [2.45, 2.75) is 26.3 Å². The van der Waals surface area contributed by atoms with Crippen LogP contribution in [0.5, 0.6) is 5.75 Å². The second-order valence-corrected chi connectivity index (χ2v) is 11.4. The zero-order valence-corrected chi connectivity index (χ0v) is 21.6. The molecule has 3 N–H and O–H groups in total. The molecule has 0 atom stereocenters. The maximum absolute atomic E-state index is 6.15. The number of nitrogens with one attached hydrogen (secondary N) is 1. The van der Waals surface area contributed by atoms with Crippen molar-refractivity contribution in [3.63, 3.8) is 0 Å². The molecule has 0 bridgehead atoms. The van der Waals surface area contributed by atoms with Gasteiger partial charge in [-0.1, -0.05) is 30.0 Å². The van der Waals surface area contributed by atoms with Gasteiger partial charge in [0.05, 0.1) is 5.52 Å². The lowest BCUT2D eigenvalue weighted by Gasteiger charge is -2.35. The number of hydrogen-bond donors (Lipinski definition) is 2. The number of piperazine rings is 1. The monoisotopic (exact) mass is 509 g/mol. The van der Waals surface area contributed by atoms with Crippen LogP contribution in [-0.4, -0.2) is 65.2 Å². The highest BCUT2D eigenvalue weighted by molar-refractivity contribution is 8.13. The number of aryl methyl sites for hydroxylation is 1. The summed E-state index contributed by atoms with van der Waals surface area (Å²) in [5, 5.41) is 7.70. The number of thioether (sulfide) groups is 1. The molecule has 6 rings (SSSR count). The van der Waals surface area contributed by atoms with Gasteiger partial charge in [0.25, 0.3) is 0 Å². The normalized spacial score (nSPS) is 18.3. The number of amidine groups is 1. The van der Waals surface area contributed by atoms with Gasteiger partial charge in [-0.15, -0.1) is 16.5 Å². The SMILES string of the molecule is Cc1cc(N2CCN(CCCSC3=Nc4sc5c(c4ON3N)CCNC5)CC2)nc2ccccc12. The van der Waals surface area contributed by atoms with Crippen LogP contribution in [0.2, 0.25) is 0 Å². The molecule has 1 saturated heterocycles. The molecule has 8 nitrogen and oxygen atoms in total. The number of hydrazine groups is 1. The van der Waals surface area contributed by atoms with E-state index in [1.54, 1.807) is 23.1 Å². The van der Waals surface area contributed by atoms with Crippen molar-refractivity contribution < 1.29 is 4.84 Å². The molecule has 0 saturated carbocycles. The number of pyridine rings is 1. The van der Waals surface area contributed by atoms with Gasteiger partial charge in [0.15, 0.2) is 10.8 Å². The van der Waals surface area contributed by atoms with E-state index in [4.69, 9.17) is 20.7 Å². The van der Waals surface area contributed by atoms with Gasteiger partial charge in [-0.25, -0.2) is 15.8 Å². The second kappa shape index (κ2) is 9.94. The highest BCUT2D eigenvalue weighted by atomic mass is 32.2. The molecule has 3 aliphatic heterocycles. The number of nitrogens with two attached hydrogens (primary N) is 1. The van der Waals surface area contributed by atoms with Crippen LogP contribution in [0.4, 0.5) is 10.8 Å². The average Bonchev–Trinajstić information content (AvgIpc) is 3.24. The Hall–Kier alpha value is -2.37. The molecule has 3 aromatic rings. The maximum atomic E-state index is 6.15. The fourth-order valence-electron chi connectivity index (χ4n) is 4.97. The van der Waals surface area contributed by atoms with Crippen LogP contribution >= 0.6 is 23.1 Å². The average molecular weight is 510 g/mol. The van der Waals surface area contributed by atoms with Gasteiger partial charge in [0, 0.05) is 54.3 Å². The topological polar surface area (TPSA) is 82.2 Å². The van der Waals surface area contributed by atoms with E-state index in [9.17, 15) is 0 Å². The van der Waals surface area contributed by atoms with Crippen molar-refractivity contribution in [1.82, 2.24) is 20.4 Å². The van der Waals surface area contributed by atoms with Crippen LogP contribution in [-0.2, 0) is 13.0 Å². The lowest BCUT2D eigenvalue weighted by atomic mass is 10.1. The molecule has 0 amide bonds. The summed E-state index contributed by atoms with van der Waals surface area (Å²) in [4.78, 5) is 21.9. The van der Waals surface area contributed by atoms with E-state index < -0.39 is 0 Å². The van der Waals surface area contributed by atoms with E-state index >= 15 is 0 Å². The fourth-order valence-corrected chi connectivity index (χ4v) is 6.92. The molecular weight excluding hydrogens is 478 g/mol. The quantitative estimate of drug-likeness (QED) is 0.398. The van der Waals surface area contributed by atoms with E-state index in [1.165, 1.54) is 26.6 Å². The van der Waals surface area contributed by atoms with E-state index in [-0.39, 0.29) is 0 Å². The largest absolute Gasteiger partial charge is 0.359 e. The van der Waals surface area contributed by atoms with E-state index in [1.807, 2.05) is 0 Å². The van der Waals surface area contributed by atoms with E-state index in [0.717, 1.165) is 91.7 Å². The van der Waals surface area contributed by atoms with Gasteiger partial charge < -0.3 is 15.1 Å². The van der Waals surface area contributed by atoms with E-state index in [2.05, 4.69) is 52.4 Å². The van der Waals surface area contributed by atoms with Crippen molar-refractivity contribution in [1.29, 1.82) is 0 Å². The molecule has 3 aliphatic rings. The molecular formula is C25H31N7OS2. The summed E-state index contributed by atoms with van der Waals surface area (Å²) >= 11 is 3.39. The summed E-state index contributed by atoms with van der Waals surface area (Å²) in [6, 6.07) is 10.6. The van der Waals surface area contributed by atoms with Crippen molar-refractivity contribution in [3.05, 3.63) is 46.3 Å². The molecule has 0 unspecified atom stereocenters. The third-order valence-electron chi connectivity index (χ3n) is 6.89. The zero-order valence-electron chi connectivity index (χ0n) is 20.0.